The zero-order valence-corrected chi connectivity index (χ0v) is 23.9. The molecule has 0 saturated carbocycles. The molecule has 1 aliphatic heterocycles. The van der Waals surface area contributed by atoms with Crippen molar-refractivity contribution in [3.8, 4) is 5.75 Å². The van der Waals surface area contributed by atoms with Gasteiger partial charge in [-0.25, -0.2) is 8.51 Å². The maximum Gasteiger partial charge on any atom is 0.254 e. The number of aryl methyl sites for hydroxylation is 3. The van der Waals surface area contributed by atoms with Crippen LogP contribution < -0.4 is 10.1 Å². The highest BCUT2D eigenvalue weighted by Crippen LogP contribution is 2.26. The highest BCUT2D eigenvalue weighted by molar-refractivity contribution is 7.82. The first-order valence-electron chi connectivity index (χ1n) is 12.7. The SMILES string of the molecule is COc1cc(C)c(S(=O)N(C)CCC(=O)Nc2ccc(C(=O)N(C)C3CCN(C)CC3)c(C)c2)c(C)c1. The van der Waals surface area contributed by atoms with Crippen molar-refractivity contribution in [3.05, 3.63) is 52.6 Å². The first kappa shape index (κ1) is 28.8. The molecule has 1 aliphatic rings. The first-order chi connectivity index (χ1) is 17.5. The van der Waals surface area contributed by atoms with Gasteiger partial charge in [0, 0.05) is 44.4 Å². The number of carbonyl (C=O) groups is 2. The number of hydrogen-bond acceptors (Lipinski definition) is 5. The van der Waals surface area contributed by atoms with Gasteiger partial charge in [0.25, 0.3) is 5.91 Å². The number of carbonyl (C=O) groups excluding carboxylic acids is 2. The van der Waals surface area contributed by atoms with Gasteiger partial charge < -0.3 is 19.9 Å². The fourth-order valence-corrected chi connectivity index (χ4v) is 5.98. The molecule has 9 heteroatoms. The van der Waals surface area contributed by atoms with Gasteiger partial charge in [-0.05, 0) is 101 Å². The number of nitrogens with one attached hydrogen (secondary N) is 1. The monoisotopic (exact) mass is 528 g/mol. The third-order valence-electron chi connectivity index (χ3n) is 7.08. The summed E-state index contributed by atoms with van der Waals surface area (Å²) in [4.78, 5) is 30.6. The second-order valence-corrected chi connectivity index (χ2v) is 11.5. The standard InChI is InChI=1S/C28H40N4O4S/c1-19-16-22(8-9-25(19)28(34)32(6)23-10-13-30(4)14-11-23)29-26(33)12-15-31(5)37(35)27-20(2)17-24(36-7)18-21(27)3/h8-9,16-18,23H,10-15H2,1-7H3,(H,29,33). The van der Waals surface area contributed by atoms with Gasteiger partial charge in [-0.2, -0.15) is 0 Å². The van der Waals surface area contributed by atoms with E-state index in [0.717, 1.165) is 53.3 Å². The van der Waals surface area contributed by atoms with Gasteiger partial charge in [0.1, 0.15) is 16.7 Å². The second kappa shape index (κ2) is 12.7. The molecular formula is C28H40N4O4S. The van der Waals surface area contributed by atoms with E-state index in [4.69, 9.17) is 4.74 Å². The fourth-order valence-electron chi connectivity index (χ4n) is 4.74. The number of hydrogen-bond donors (Lipinski definition) is 1. The summed E-state index contributed by atoms with van der Waals surface area (Å²) in [5, 5.41) is 2.91. The molecule has 0 aromatic heterocycles. The minimum Gasteiger partial charge on any atom is -0.497 e. The number of methoxy groups -OCH3 is 1. The van der Waals surface area contributed by atoms with Crippen molar-refractivity contribution in [1.29, 1.82) is 0 Å². The molecule has 1 fully saturated rings. The molecule has 2 aromatic rings. The molecule has 2 amide bonds. The van der Waals surface area contributed by atoms with E-state index in [1.807, 2.05) is 50.9 Å². The fraction of sp³-hybridized carbons (Fsp3) is 0.500. The van der Waals surface area contributed by atoms with Gasteiger partial charge >= 0.3 is 0 Å². The van der Waals surface area contributed by atoms with Crippen LogP contribution in [0.25, 0.3) is 0 Å². The van der Waals surface area contributed by atoms with Gasteiger partial charge in [-0.15, -0.1) is 0 Å². The third-order valence-corrected chi connectivity index (χ3v) is 8.82. The van der Waals surface area contributed by atoms with Crippen LogP contribution in [0.3, 0.4) is 0 Å². The Balaban J connectivity index is 1.56. The van der Waals surface area contributed by atoms with E-state index in [1.54, 1.807) is 30.6 Å². The first-order valence-corrected chi connectivity index (χ1v) is 13.8. The van der Waals surface area contributed by atoms with Crippen LogP contribution >= 0.6 is 0 Å². The van der Waals surface area contributed by atoms with Gasteiger partial charge in [0.2, 0.25) is 5.91 Å². The zero-order chi connectivity index (χ0) is 27.3. The Morgan fingerprint density at radius 2 is 1.68 bits per heavy atom. The smallest absolute Gasteiger partial charge is 0.254 e. The van der Waals surface area contributed by atoms with E-state index in [1.165, 1.54) is 0 Å². The number of benzene rings is 2. The van der Waals surface area contributed by atoms with Gasteiger partial charge in [0.05, 0.1) is 12.0 Å². The normalized spacial score (nSPS) is 15.5. The number of rotatable bonds is 9. The summed E-state index contributed by atoms with van der Waals surface area (Å²) in [6.45, 7) is 8.03. The maximum absolute atomic E-state index is 13.1. The van der Waals surface area contributed by atoms with E-state index in [-0.39, 0.29) is 24.3 Å². The molecule has 2 aromatic carbocycles. The molecule has 1 atom stereocenters. The van der Waals surface area contributed by atoms with Crippen molar-refractivity contribution in [1.82, 2.24) is 14.1 Å². The highest BCUT2D eigenvalue weighted by Gasteiger charge is 2.25. The summed E-state index contributed by atoms with van der Waals surface area (Å²) in [5.74, 6) is 0.571. The van der Waals surface area contributed by atoms with Crippen molar-refractivity contribution >= 4 is 28.5 Å². The lowest BCUT2D eigenvalue weighted by atomic mass is 10.0. The lowest BCUT2D eigenvalue weighted by molar-refractivity contribution is -0.116. The van der Waals surface area contributed by atoms with E-state index in [2.05, 4.69) is 17.3 Å². The number of amides is 2. The summed E-state index contributed by atoms with van der Waals surface area (Å²) in [6.07, 6.45) is 2.14. The summed E-state index contributed by atoms with van der Waals surface area (Å²) < 4.78 is 20.1. The van der Waals surface area contributed by atoms with Gasteiger partial charge in [-0.1, -0.05) is 0 Å². The molecule has 8 nitrogen and oxygen atoms in total. The topological polar surface area (TPSA) is 82.2 Å². The summed E-state index contributed by atoms with van der Waals surface area (Å²) >= 11 is 0. The average molecular weight is 529 g/mol. The van der Waals surface area contributed by atoms with Crippen molar-refractivity contribution in [3.63, 3.8) is 0 Å². The van der Waals surface area contributed by atoms with Crippen molar-refractivity contribution in [2.75, 3.05) is 53.2 Å². The molecule has 3 rings (SSSR count). The van der Waals surface area contributed by atoms with E-state index in [0.29, 0.717) is 17.8 Å². The quantitative estimate of drug-likeness (QED) is 0.536. The molecule has 202 valence electrons. The highest BCUT2D eigenvalue weighted by atomic mass is 32.2. The molecule has 0 bridgehead atoms. The molecule has 37 heavy (non-hydrogen) atoms. The number of ether oxygens (including phenoxy) is 1. The molecule has 1 saturated heterocycles. The lowest BCUT2D eigenvalue weighted by Gasteiger charge is -2.35. The summed E-state index contributed by atoms with van der Waals surface area (Å²) in [5.41, 5.74) is 3.90. The van der Waals surface area contributed by atoms with Crippen molar-refractivity contribution in [2.45, 2.75) is 51.0 Å². The van der Waals surface area contributed by atoms with Gasteiger partial charge in [0.15, 0.2) is 0 Å². The Kier molecular flexibility index (Phi) is 9.87. The van der Waals surface area contributed by atoms with E-state index in [9.17, 15) is 13.8 Å². The predicted octanol–water partition coefficient (Wildman–Crippen LogP) is 3.77. The third kappa shape index (κ3) is 7.18. The Hall–Kier alpha value is -2.75. The largest absolute Gasteiger partial charge is 0.497 e. The number of piperidine rings is 1. The van der Waals surface area contributed by atoms with E-state index >= 15 is 0 Å². The molecule has 0 aliphatic carbocycles. The van der Waals surface area contributed by atoms with Crippen LogP contribution in [0.5, 0.6) is 5.75 Å². The van der Waals surface area contributed by atoms with Crippen molar-refractivity contribution < 1.29 is 18.5 Å². The predicted molar refractivity (Wildman–Crippen MR) is 149 cm³/mol. The summed E-state index contributed by atoms with van der Waals surface area (Å²) in [6, 6.07) is 9.36. The minimum atomic E-state index is -1.39. The molecule has 0 radical (unpaired) electrons. The lowest BCUT2D eigenvalue weighted by Crippen LogP contribution is -2.44. The maximum atomic E-state index is 13.1. The number of nitrogens with zero attached hydrogens (tertiary/aromatic N) is 3. The minimum absolute atomic E-state index is 0.0122. The van der Waals surface area contributed by atoms with Crippen molar-refractivity contribution in [2.24, 2.45) is 0 Å². The van der Waals surface area contributed by atoms with Crippen LogP contribution in [0.4, 0.5) is 5.69 Å². The molecule has 1 heterocycles. The molecule has 0 spiro atoms. The number of anilines is 1. The van der Waals surface area contributed by atoms with Crippen LogP contribution in [0.1, 0.15) is 46.3 Å². The Labute approximate surface area is 223 Å². The van der Waals surface area contributed by atoms with E-state index < -0.39 is 11.0 Å². The van der Waals surface area contributed by atoms with Crippen LogP contribution in [-0.4, -0.2) is 84.1 Å². The number of likely N-dealkylation sites (tertiary alicyclic amines) is 1. The molecule has 1 unspecified atom stereocenters. The Morgan fingerprint density at radius 1 is 1.05 bits per heavy atom. The van der Waals surface area contributed by atoms with Crippen LogP contribution in [0.15, 0.2) is 35.2 Å². The molecular weight excluding hydrogens is 488 g/mol. The molecule has 1 N–H and O–H groups in total. The van der Waals surface area contributed by atoms with Crippen LogP contribution in [0, 0.1) is 20.8 Å². The van der Waals surface area contributed by atoms with Crippen LogP contribution in [0.2, 0.25) is 0 Å². The second-order valence-electron chi connectivity index (χ2n) is 9.97. The van der Waals surface area contributed by atoms with Crippen LogP contribution in [-0.2, 0) is 15.8 Å². The Morgan fingerprint density at radius 3 is 2.24 bits per heavy atom. The zero-order valence-electron chi connectivity index (χ0n) is 23.1. The van der Waals surface area contributed by atoms with Gasteiger partial charge in [-0.3, -0.25) is 9.59 Å². The average Bonchev–Trinajstić information content (AvgIpc) is 2.86. The summed E-state index contributed by atoms with van der Waals surface area (Å²) in [7, 11) is 5.95. The Bertz CT molecular complexity index is 1140.